The molecule has 2 aromatic carbocycles. The van der Waals surface area contributed by atoms with E-state index in [2.05, 4.69) is 25.5 Å². The summed E-state index contributed by atoms with van der Waals surface area (Å²) in [6.45, 7) is 5.47. The SMILES string of the molecule is COc1cc(-c2nccc(-c3cccc(NC(=O)c4ccc(CN5CC[C@@H](O)C5)cn4)c3C)c2Cl)ccc1CNC[C@H]1CCC(=O)N1C. The van der Waals surface area contributed by atoms with Gasteiger partial charge in [-0.15, -0.1) is 0 Å². The second-order valence-corrected chi connectivity index (χ2v) is 12.9. The Labute approximate surface area is 286 Å². The highest BCUT2D eigenvalue weighted by Gasteiger charge is 2.27. The first kappa shape index (κ1) is 33.5. The minimum absolute atomic E-state index is 0.192. The van der Waals surface area contributed by atoms with E-state index in [1.165, 1.54) is 0 Å². The van der Waals surface area contributed by atoms with Crippen LogP contribution in [0, 0.1) is 6.92 Å². The van der Waals surface area contributed by atoms with Crippen LogP contribution < -0.4 is 15.4 Å². The minimum Gasteiger partial charge on any atom is -0.496 e. The highest BCUT2D eigenvalue weighted by Crippen LogP contribution is 2.39. The fourth-order valence-electron chi connectivity index (χ4n) is 6.48. The number of pyridine rings is 2. The first-order valence-electron chi connectivity index (χ1n) is 16.3. The molecule has 4 heterocycles. The maximum atomic E-state index is 13.2. The van der Waals surface area contributed by atoms with E-state index in [1.807, 2.05) is 67.4 Å². The van der Waals surface area contributed by atoms with Crippen LogP contribution in [-0.2, 0) is 17.9 Å². The van der Waals surface area contributed by atoms with Gasteiger partial charge in [0.2, 0.25) is 5.91 Å². The maximum Gasteiger partial charge on any atom is 0.274 e. The van der Waals surface area contributed by atoms with Crippen molar-refractivity contribution in [1.29, 1.82) is 0 Å². The zero-order valence-corrected chi connectivity index (χ0v) is 28.3. The molecule has 2 fully saturated rings. The number of halogens is 1. The summed E-state index contributed by atoms with van der Waals surface area (Å²) in [5, 5.41) is 16.8. The Bertz CT molecular complexity index is 1800. The van der Waals surface area contributed by atoms with Gasteiger partial charge in [0.05, 0.1) is 23.9 Å². The molecule has 48 heavy (non-hydrogen) atoms. The van der Waals surface area contributed by atoms with Crippen molar-refractivity contribution in [3.8, 4) is 28.1 Å². The number of nitrogens with one attached hydrogen (secondary N) is 2. The van der Waals surface area contributed by atoms with Crippen molar-refractivity contribution < 1.29 is 19.4 Å². The lowest BCUT2D eigenvalue weighted by atomic mass is 9.97. The number of methoxy groups -OCH3 is 1. The first-order chi connectivity index (χ1) is 23.2. The van der Waals surface area contributed by atoms with E-state index in [0.29, 0.717) is 48.2 Å². The molecule has 2 atom stereocenters. The van der Waals surface area contributed by atoms with E-state index in [1.54, 1.807) is 25.6 Å². The number of carbonyl (C=O) groups excluding carboxylic acids is 2. The summed E-state index contributed by atoms with van der Waals surface area (Å²) in [4.78, 5) is 38.1. The van der Waals surface area contributed by atoms with E-state index < -0.39 is 0 Å². The van der Waals surface area contributed by atoms with Crippen molar-refractivity contribution in [2.24, 2.45) is 0 Å². The molecule has 2 amide bonds. The Hall–Kier alpha value is -4.35. The summed E-state index contributed by atoms with van der Waals surface area (Å²) in [7, 11) is 3.50. The molecule has 10 nitrogen and oxygen atoms in total. The smallest absolute Gasteiger partial charge is 0.274 e. The number of carbonyl (C=O) groups is 2. The third-order valence-corrected chi connectivity index (χ3v) is 9.74. The minimum atomic E-state index is -0.301. The summed E-state index contributed by atoms with van der Waals surface area (Å²) < 4.78 is 5.74. The molecule has 0 unspecified atom stereocenters. The molecule has 2 aliphatic heterocycles. The van der Waals surface area contributed by atoms with Crippen LogP contribution in [0.25, 0.3) is 22.4 Å². The van der Waals surface area contributed by atoms with Crippen molar-refractivity contribution in [2.45, 2.75) is 51.4 Å². The lowest BCUT2D eigenvalue weighted by Crippen LogP contribution is -2.37. The van der Waals surface area contributed by atoms with Gasteiger partial charge in [-0.25, -0.2) is 0 Å². The molecule has 250 valence electrons. The van der Waals surface area contributed by atoms with Crippen LogP contribution in [0.15, 0.2) is 67.0 Å². The Balaban J connectivity index is 1.16. The molecule has 0 bridgehead atoms. The molecule has 2 aromatic heterocycles. The number of likely N-dealkylation sites (N-methyl/N-ethyl adjacent to an activating group) is 1. The van der Waals surface area contributed by atoms with Gasteiger partial charge in [-0.2, -0.15) is 0 Å². The second-order valence-electron chi connectivity index (χ2n) is 12.5. The molecule has 2 aliphatic rings. The van der Waals surface area contributed by atoms with Crippen LogP contribution in [0.2, 0.25) is 5.02 Å². The largest absolute Gasteiger partial charge is 0.496 e. The third-order valence-electron chi connectivity index (χ3n) is 9.36. The quantitative estimate of drug-likeness (QED) is 0.197. The van der Waals surface area contributed by atoms with Gasteiger partial charge in [0.15, 0.2) is 0 Å². The van der Waals surface area contributed by atoms with E-state index >= 15 is 0 Å². The number of anilines is 1. The van der Waals surface area contributed by atoms with E-state index in [9.17, 15) is 14.7 Å². The summed E-state index contributed by atoms with van der Waals surface area (Å²) >= 11 is 7.04. The average molecular weight is 669 g/mol. The second kappa shape index (κ2) is 14.8. The highest BCUT2D eigenvalue weighted by molar-refractivity contribution is 6.35. The Morgan fingerprint density at radius 3 is 2.67 bits per heavy atom. The number of aliphatic hydroxyl groups excluding tert-OH is 1. The number of nitrogens with zero attached hydrogens (tertiary/aromatic N) is 4. The molecule has 0 saturated carbocycles. The molecule has 6 rings (SSSR count). The maximum absolute atomic E-state index is 13.2. The van der Waals surface area contributed by atoms with Crippen LogP contribution in [0.4, 0.5) is 5.69 Å². The lowest BCUT2D eigenvalue weighted by Gasteiger charge is -2.20. The number of rotatable bonds is 11. The van der Waals surface area contributed by atoms with Crippen LogP contribution in [-0.4, -0.2) is 82.6 Å². The van der Waals surface area contributed by atoms with Crippen LogP contribution in [0.5, 0.6) is 5.75 Å². The normalized spacial score (nSPS) is 18.0. The lowest BCUT2D eigenvalue weighted by molar-refractivity contribution is -0.127. The van der Waals surface area contributed by atoms with Gasteiger partial charge < -0.3 is 25.4 Å². The number of aliphatic hydroxyl groups is 1. The molecule has 2 saturated heterocycles. The zero-order valence-electron chi connectivity index (χ0n) is 27.5. The monoisotopic (exact) mass is 668 g/mol. The van der Waals surface area contributed by atoms with Crippen LogP contribution in [0.3, 0.4) is 0 Å². The van der Waals surface area contributed by atoms with Crippen molar-refractivity contribution in [3.05, 3.63) is 94.4 Å². The molecule has 3 N–H and O–H groups in total. The summed E-state index contributed by atoms with van der Waals surface area (Å²) in [5.41, 5.74) is 6.96. The van der Waals surface area contributed by atoms with Gasteiger partial charge in [-0.1, -0.05) is 41.9 Å². The predicted octanol–water partition coefficient (Wildman–Crippen LogP) is 5.31. The number of hydrogen-bond acceptors (Lipinski definition) is 8. The number of benzene rings is 2. The summed E-state index contributed by atoms with van der Waals surface area (Å²) in [5.74, 6) is 0.610. The molecule has 11 heteroatoms. The van der Waals surface area contributed by atoms with Crippen molar-refractivity contribution in [1.82, 2.24) is 25.1 Å². The fourth-order valence-corrected chi connectivity index (χ4v) is 6.81. The molecule has 0 radical (unpaired) electrons. The number of β-amino-alcohol motifs (C(OH)–C–C–N with tert-alkyl or cyclic N) is 1. The average Bonchev–Trinajstić information content (AvgIpc) is 3.65. The number of likely N-dealkylation sites (tertiary alicyclic amines) is 2. The van der Waals surface area contributed by atoms with Crippen molar-refractivity contribution in [3.63, 3.8) is 0 Å². The van der Waals surface area contributed by atoms with E-state index in [4.69, 9.17) is 16.3 Å². The zero-order chi connectivity index (χ0) is 33.8. The van der Waals surface area contributed by atoms with Gasteiger partial charge in [0.25, 0.3) is 5.91 Å². The number of aromatic nitrogens is 2. The molecular weight excluding hydrogens is 628 g/mol. The van der Waals surface area contributed by atoms with Gasteiger partial charge >= 0.3 is 0 Å². The standard InChI is InChI=1S/C37H41ClN6O4/c1-23-29(5-4-6-31(23)42-37(47)32-11-7-24(18-41-32)21-44-16-14-28(45)22-44)30-13-15-40-36(35(30)38)25-8-9-26(33(17-25)48-3)19-39-20-27-10-12-34(46)43(27)2/h4-9,11,13,15,17-18,27-28,39,45H,10,12,14,16,19-22H2,1-3H3,(H,42,47)/t27-,28-/m1/s1. The summed E-state index contributed by atoms with van der Waals surface area (Å²) in [6, 6.07) is 17.4. The Kier molecular flexibility index (Phi) is 10.4. The van der Waals surface area contributed by atoms with Gasteiger partial charge in [-0.05, 0) is 60.7 Å². The number of hydrogen-bond donors (Lipinski definition) is 3. The molecule has 0 aliphatic carbocycles. The van der Waals surface area contributed by atoms with E-state index in [-0.39, 0.29) is 24.0 Å². The number of amides is 2. The Morgan fingerprint density at radius 2 is 1.96 bits per heavy atom. The molecular formula is C37H41ClN6O4. The van der Waals surface area contributed by atoms with Crippen molar-refractivity contribution >= 4 is 29.1 Å². The first-order valence-corrected chi connectivity index (χ1v) is 16.6. The third kappa shape index (κ3) is 7.37. The fraction of sp³-hybridized carbons (Fsp3) is 0.351. The van der Waals surface area contributed by atoms with Crippen LogP contribution in [0.1, 0.15) is 46.4 Å². The van der Waals surface area contributed by atoms with Gasteiger partial charge in [-0.3, -0.25) is 24.5 Å². The molecule has 4 aromatic rings. The number of ether oxygens (including phenoxy) is 1. The van der Waals surface area contributed by atoms with Crippen LogP contribution >= 0.6 is 11.6 Å². The van der Waals surface area contributed by atoms with E-state index in [0.717, 1.165) is 65.1 Å². The Morgan fingerprint density at radius 1 is 1.10 bits per heavy atom. The van der Waals surface area contributed by atoms with Gasteiger partial charge in [0.1, 0.15) is 11.4 Å². The van der Waals surface area contributed by atoms with Gasteiger partial charge in [0, 0.05) is 87.0 Å². The van der Waals surface area contributed by atoms with Crippen molar-refractivity contribution in [2.75, 3.05) is 39.1 Å². The molecule has 0 spiro atoms. The highest BCUT2D eigenvalue weighted by atomic mass is 35.5. The predicted molar refractivity (Wildman–Crippen MR) is 187 cm³/mol. The topological polar surface area (TPSA) is 120 Å². The summed E-state index contributed by atoms with van der Waals surface area (Å²) in [6.07, 6.45) is 5.43.